The molecule has 0 unspecified atom stereocenters. The van der Waals surface area contributed by atoms with Gasteiger partial charge in [0.25, 0.3) is 0 Å². The van der Waals surface area contributed by atoms with Crippen LogP contribution >= 0.6 is 0 Å². The van der Waals surface area contributed by atoms with Crippen molar-refractivity contribution in [2.75, 3.05) is 34.9 Å². The number of nitrogens with zero attached hydrogens (tertiary/aromatic N) is 1. The van der Waals surface area contributed by atoms with Gasteiger partial charge in [-0.05, 0) is 27.1 Å². The molecule has 1 aromatic heterocycles. The number of carbonyl (C=O) groups excluding carboxylic acids is 1. The molecule has 6 nitrogen and oxygen atoms in total. The van der Waals surface area contributed by atoms with Crippen molar-refractivity contribution in [1.29, 1.82) is 0 Å². The number of methoxy groups -OCH3 is 2. The summed E-state index contributed by atoms with van der Waals surface area (Å²) in [5.74, 6) is 0.890. The van der Waals surface area contributed by atoms with Gasteiger partial charge in [-0.3, -0.25) is 0 Å². The molecule has 1 heterocycles. The summed E-state index contributed by atoms with van der Waals surface area (Å²) in [7, 11) is 7.08. The summed E-state index contributed by atoms with van der Waals surface area (Å²) >= 11 is 0. The fourth-order valence-corrected chi connectivity index (χ4v) is 2.43. The molecule has 0 fully saturated rings. The largest absolute Gasteiger partial charge is 0.493 e. The Morgan fingerprint density at radius 3 is 2.36 bits per heavy atom. The molecule has 6 heteroatoms. The molecule has 2 aromatic rings. The molecular weight excluding hydrogens is 284 g/mol. The number of nitrogens with one attached hydrogen (secondary N) is 1. The minimum absolute atomic E-state index is 0.336. The number of aromatic nitrogens is 1. The minimum Gasteiger partial charge on any atom is -0.493 e. The highest BCUT2D eigenvalue weighted by atomic mass is 16.5. The van der Waals surface area contributed by atoms with Crippen molar-refractivity contribution in [3.05, 3.63) is 23.4 Å². The number of benzene rings is 1. The number of hydrogen-bond acceptors (Lipinski definition) is 5. The summed E-state index contributed by atoms with van der Waals surface area (Å²) in [4.78, 5) is 17.3. The van der Waals surface area contributed by atoms with Crippen LogP contribution in [0.1, 0.15) is 23.0 Å². The molecule has 0 aliphatic rings. The Labute approximate surface area is 130 Å². The first-order valence-corrected chi connectivity index (χ1v) is 7.10. The maximum atomic E-state index is 12.2. The zero-order valence-electron chi connectivity index (χ0n) is 13.6. The van der Waals surface area contributed by atoms with Crippen molar-refractivity contribution < 1.29 is 19.0 Å². The van der Waals surface area contributed by atoms with Gasteiger partial charge in [0.2, 0.25) is 0 Å². The molecule has 0 amide bonds. The number of esters is 1. The van der Waals surface area contributed by atoms with Crippen LogP contribution in [0.2, 0.25) is 0 Å². The third-order valence-electron chi connectivity index (χ3n) is 3.36. The van der Waals surface area contributed by atoms with E-state index in [4.69, 9.17) is 14.2 Å². The SMILES string of the molecule is CCOC(=O)c1[nH]c2cc(OC)c(OC)cc2c1CN(C)C. The van der Waals surface area contributed by atoms with Gasteiger partial charge in [-0.2, -0.15) is 0 Å². The fourth-order valence-electron chi connectivity index (χ4n) is 2.43. The Morgan fingerprint density at radius 2 is 1.82 bits per heavy atom. The molecule has 0 saturated heterocycles. The lowest BCUT2D eigenvalue weighted by molar-refractivity contribution is 0.0518. The molecule has 1 N–H and O–H groups in total. The van der Waals surface area contributed by atoms with E-state index in [1.54, 1.807) is 21.1 Å². The highest BCUT2D eigenvalue weighted by Gasteiger charge is 2.21. The second-order valence-corrected chi connectivity index (χ2v) is 5.19. The lowest BCUT2D eigenvalue weighted by Gasteiger charge is -2.11. The Kier molecular flexibility index (Phi) is 4.92. The summed E-state index contributed by atoms with van der Waals surface area (Å²) in [6, 6.07) is 3.71. The lowest BCUT2D eigenvalue weighted by atomic mass is 10.1. The first kappa shape index (κ1) is 16.2. The molecule has 120 valence electrons. The van der Waals surface area contributed by atoms with E-state index in [0.717, 1.165) is 16.5 Å². The van der Waals surface area contributed by atoms with Gasteiger partial charge >= 0.3 is 5.97 Å². The Balaban J connectivity index is 2.65. The van der Waals surface area contributed by atoms with E-state index in [9.17, 15) is 4.79 Å². The number of hydrogen-bond donors (Lipinski definition) is 1. The molecular formula is C16H22N2O4. The van der Waals surface area contributed by atoms with Crippen LogP contribution in [0.5, 0.6) is 11.5 Å². The number of ether oxygens (including phenoxy) is 3. The molecule has 0 spiro atoms. The summed E-state index contributed by atoms with van der Waals surface area (Å²) in [6.45, 7) is 2.74. The Bertz CT molecular complexity index is 676. The standard InChI is InChI=1S/C16H22N2O4/c1-6-22-16(19)15-11(9-18(2)3)10-7-13(20-4)14(21-5)8-12(10)17-15/h7-8,17H,6,9H2,1-5H3. The molecule has 0 aliphatic heterocycles. The van der Waals surface area contributed by atoms with Gasteiger partial charge in [0.15, 0.2) is 11.5 Å². The zero-order valence-corrected chi connectivity index (χ0v) is 13.6. The van der Waals surface area contributed by atoms with E-state index >= 15 is 0 Å². The molecule has 0 bridgehead atoms. The highest BCUT2D eigenvalue weighted by Crippen LogP contribution is 2.35. The topological polar surface area (TPSA) is 63.8 Å². The molecule has 0 radical (unpaired) electrons. The molecule has 0 atom stereocenters. The van der Waals surface area contributed by atoms with E-state index < -0.39 is 0 Å². The quantitative estimate of drug-likeness (QED) is 0.830. The van der Waals surface area contributed by atoms with Gasteiger partial charge in [-0.15, -0.1) is 0 Å². The van der Waals surface area contributed by atoms with Gasteiger partial charge in [0.1, 0.15) is 5.69 Å². The van der Waals surface area contributed by atoms with Crippen LogP contribution in [0, 0.1) is 0 Å². The predicted molar refractivity (Wildman–Crippen MR) is 84.8 cm³/mol. The van der Waals surface area contributed by atoms with Gasteiger partial charge in [0, 0.05) is 23.6 Å². The number of aromatic amines is 1. The second-order valence-electron chi connectivity index (χ2n) is 5.19. The van der Waals surface area contributed by atoms with E-state index in [2.05, 4.69) is 4.98 Å². The van der Waals surface area contributed by atoms with Crippen LogP contribution in [0.3, 0.4) is 0 Å². The first-order valence-electron chi connectivity index (χ1n) is 7.10. The van der Waals surface area contributed by atoms with Gasteiger partial charge < -0.3 is 24.1 Å². The maximum absolute atomic E-state index is 12.2. The van der Waals surface area contributed by atoms with E-state index in [0.29, 0.717) is 30.3 Å². The van der Waals surface area contributed by atoms with Crippen LogP contribution < -0.4 is 9.47 Å². The number of rotatable bonds is 6. The average molecular weight is 306 g/mol. The third kappa shape index (κ3) is 3.01. The molecule has 1 aromatic carbocycles. The van der Waals surface area contributed by atoms with E-state index in [-0.39, 0.29) is 5.97 Å². The van der Waals surface area contributed by atoms with Crippen LogP contribution in [0.15, 0.2) is 12.1 Å². The number of H-pyrrole nitrogens is 1. The van der Waals surface area contributed by atoms with Gasteiger partial charge in [-0.1, -0.05) is 0 Å². The van der Waals surface area contributed by atoms with E-state index in [1.165, 1.54) is 0 Å². The van der Waals surface area contributed by atoms with Crippen molar-refractivity contribution >= 4 is 16.9 Å². The summed E-state index contributed by atoms with van der Waals surface area (Å²) < 4.78 is 15.8. The number of fused-ring (bicyclic) bond motifs is 1. The second kappa shape index (κ2) is 6.70. The average Bonchev–Trinajstić information content (AvgIpc) is 2.83. The maximum Gasteiger partial charge on any atom is 0.355 e. The minimum atomic E-state index is -0.353. The molecule has 0 aliphatic carbocycles. The molecule has 2 rings (SSSR count). The fraction of sp³-hybridized carbons (Fsp3) is 0.438. The van der Waals surface area contributed by atoms with Crippen LogP contribution in [0.25, 0.3) is 10.9 Å². The van der Waals surface area contributed by atoms with Gasteiger partial charge in [0.05, 0.1) is 26.3 Å². The smallest absolute Gasteiger partial charge is 0.355 e. The molecule has 22 heavy (non-hydrogen) atoms. The Morgan fingerprint density at radius 1 is 1.18 bits per heavy atom. The predicted octanol–water partition coefficient (Wildman–Crippen LogP) is 2.42. The van der Waals surface area contributed by atoms with Crippen LogP contribution in [-0.4, -0.2) is 50.8 Å². The van der Waals surface area contributed by atoms with Gasteiger partial charge in [-0.25, -0.2) is 4.79 Å². The zero-order chi connectivity index (χ0) is 16.3. The number of carbonyl (C=O) groups is 1. The van der Waals surface area contributed by atoms with Crippen molar-refractivity contribution in [1.82, 2.24) is 9.88 Å². The lowest BCUT2D eigenvalue weighted by Crippen LogP contribution is -2.15. The van der Waals surface area contributed by atoms with E-state index in [1.807, 2.05) is 31.1 Å². The van der Waals surface area contributed by atoms with Crippen molar-refractivity contribution in [2.24, 2.45) is 0 Å². The summed E-state index contributed by atoms with van der Waals surface area (Å²) in [5, 5.41) is 0.925. The summed E-state index contributed by atoms with van der Waals surface area (Å²) in [5.41, 5.74) is 2.18. The Hall–Kier alpha value is -2.21. The summed E-state index contributed by atoms with van der Waals surface area (Å²) in [6.07, 6.45) is 0. The monoisotopic (exact) mass is 306 g/mol. The highest BCUT2D eigenvalue weighted by molar-refractivity contribution is 5.99. The van der Waals surface area contributed by atoms with Crippen LogP contribution in [0.4, 0.5) is 0 Å². The van der Waals surface area contributed by atoms with Crippen molar-refractivity contribution in [3.8, 4) is 11.5 Å². The van der Waals surface area contributed by atoms with Crippen molar-refractivity contribution in [3.63, 3.8) is 0 Å². The normalized spacial score (nSPS) is 11.0. The first-order chi connectivity index (χ1) is 10.5. The van der Waals surface area contributed by atoms with Crippen molar-refractivity contribution in [2.45, 2.75) is 13.5 Å². The molecule has 0 saturated carbocycles. The van der Waals surface area contributed by atoms with Crippen LogP contribution in [-0.2, 0) is 11.3 Å². The third-order valence-corrected chi connectivity index (χ3v) is 3.36.